The van der Waals surface area contributed by atoms with Crippen molar-refractivity contribution in [1.29, 1.82) is 5.26 Å². The molecule has 0 atom stereocenters. The van der Waals surface area contributed by atoms with E-state index in [2.05, 4.69) is 0 Å². The summed E-state index contributed by atoms with van der Waals surface area (Å²) in [6, 6.07) is 5.40. The minimum atomic E-state index is -4.04. The molecule has 0 aliphatic heterocycles. The van der Waals surface area contributed by atoms with Gasteiger partial charge in [-0.3, -0.25) is 0 Å². The molecule has 1 aromatic carbocycles. The lowest BCUT2D eigenvalue weighted by molar-refractivity contribution is 0.171. The van der Waals surface area contributed by atoms with E-state index in [1.165, 1.54) is 13.1 Å². The zero-order valence-corrected chi connectivity index (χ0v) is 11.8. The first kappa shape index (κ1) is 14.3. The quantitative estimate of drug-likeness (QED) is 0.862. The average Bonchev–Trinajstić information content (AvgIpc) is 2.27. The minimum absolute atomic E-state index is 0.123. The first-order chi connectivity index (χ1) is 8.83. The summed E-state index contributed by atoms with van der Waals surface area (Å²) in [6.07, 6.45) is 1.72. The second-order valence-corrected chi connectivity index (χ2v) is 6.92. The normalized spacial score (nSPS) is 17.8. The van der Waals surface area contributed by atoms with E-state index in [-0.39, 0.29) is 5.02 Å². The highest BCUT2D eigenvalue weighted by Crippen LogP contribution is 2.39. The zero-order chi connectivity index (χ0) is 14.3. The Morgan fingerprint density at radius 2 is 2.11 bits per heavy atom. The van der Waals surface area contributed by atoms with Gasteiger partial charge in [-0.25, -0.2) is 12.8 Å². The summed E-state index contributed by atoms with van der Waals surface area (Å²) < 4.78 is 39.4. The van der Waals surface area contributed by atoms with E-state index in [4.69, 9.17) is 16.9 Å². The zero-order valence-electron chi connectivity index (χ0n) is 10.2. The Balaban J connectivity index is 2.46. The molecule has 0 heterocycles. The third-order valence-corrected chi connectivity index (χ3v) is 5.72. The second-order valence-electron chi connectivity index (χ2n) is 4.54. The summed E-state index contributed by atoms with van der Waals surface area (Å²) in [5.74, 6) is -0.910. The summed E-state index contributed by atoms with van der Waals surface area (Å²) in [5, 5.41) is 9.28. The third kappa shape index (κ3) is 2.22. The van der Waals surface area contributed by atoms with Gasteiger partial charge in [0.2, 0.25) is 10.0 Å². The van der Waals surface area contributed by atoms with Crippen LogP contribution >= 0.6 is 11.6 Å². The molecule has 0 unspecified atom stereocenters. The van der Waals surface area contributed by atoms with Gasteiger partial charge in [0.05, 0.1) is 6.07 Å². The lowest BCUT2D eigenvalue weighted by atomic mass is 9.78. The van der Waals surface area contributed by atoms with Gasteiger partial charge in [-0.2, -0.15) is 9.57 Å². The maximum absolute atomic E-state index is 13.7. The molecular weight excluding hydrogens is 291 g/mol. The van der Waals surface area contributed by atoms with E-state index in [0.29, 0.717) is 12.8 Å². The molecule has 1 aliphatic rings. The van der Waals surface area contributed by atoms with Crippen molar-refractivity contribution in [1.82, 2.24) is 4.31 Å². The van der Waals surface area contributed by atoms with Gasteiger partial charge in [-0.05, 0) is 37.5 Å². The molecule has 1 saturated carbocycles. The number of sulfonamides is 1. The molecule has 0 spiro atoms. The molecular formula is C12H12ClFN2O2S. The lowest BCUT2D eigenvalue weighted by Crippen LogP contribution is -2.53. The van der Waals surface area contributed by atoms with E-state index in [1.54, 1.807) is 0 Å². The van der Waals surface area contributed by atoms with Crippen LogP contribution in [0.5, 0.6) is 0 Å². The van der Waals surface area contributed by atoms with E-state index >= 15 is 0 Å². The fourth-order valence-electron chi connectivity index (χ4n) is 2.07. The predicted molar refractivity (Wildman–Crippen MR) is 68.6 cm³/mol. The fourth-order valence-corrected chi connectivity index (χ4v) is 3.75. The number of hydrogen-bond donors (Lipinski definition) is 0. The molecule has 0 N–H and O–H groups in total. The van der Waals surface area contributed by atoms with Gasteiger partial charge in [0.25, 0.3) is 0 Å². The van der Waals surface area contributed by atoms with Crippen molar-refractivity contribution >= 4 is 21.6 Å². The van der Waals surface area contributed by atoms with Crippen molar-refractivity contribution < 1.29 is 12.8 Å². The van der Waals surface area contributed by atoms with Crippen molar-refractivity contribution in [2.24, 2.45) is 0 Å². The van der Waals surface area contributed by atoms with Crippen molar-refractivity contribution in [3.63, 3.8) is 0 Å². The van der Waals surface area contributed by atoms with Crippen molar-refractivity contribution in [3.8, 4) is 6.07 Å². The number of benzene rings is 1. The van der Waals surface area contributed by atoms with Gasteiger partial charge in [-0.15, -0.1) is 0 Å². The highest BCUT2D eigenvalue weighted by Gasteiger charge is 2.47. The SMILES string of the molecule is CN(C1(C#N)CCC1)S(=O)(=O)c1ccc(Cl)cc1F. The number of nitrogens with zero attached hydrogens (tertiary/aromatic N) is 2. The molecule has 4 nitrogen and oxygen atoms in total. The van der Waals surface area contributed by atoms with Crippen LogP contribution in [0.4, 0.5) is 4.39 Å². The van der Waals surface area contributed by atoms with Crippen LogP contribution in [0.3, 0.4) is 0 Å². The molecule has 2 rings (SSSR count). The first-order valence-corrected chi connectivity index (χ1v) is 7.51. The van der Waals surface area contributed by atoms with E-state index in [0.717, 1.165) is 22.9 Å². The Morgan fingerprint density at radius 1 is 1.47 bits per heavy atom. The van der Waals surface area contributed by atoms with E-state index < -0.39 is 26.3 Å². The standard InChI is InChI=1S/C12H12ClFN2O2S/c1-16(12(8-15)5-2-6-12)19(17,18)11-4-3-9(13)7-10(11)14/h3-4,7H,2,5-6H2,1H3. The predicted octanol–water partition coefficient (Wildman–Crippen LogP) is 2.55. The van der Waals surface area contributed by atoms with Crippen LogP contribution in [0.2, 0.25) is 5.02 Å². The van der Waals surface area contributed by atoms with Gasteiger partial charge in [0.15, 0.2) is 0 Å². The molecule has 7 heteroatoms. The Labute approximate surface area is 116 Å². The number of halogens is 2. The number of hydrogen-bond acceptors (Lipinski definition) is 3. The molecule has 0 amide bonds. The molecule has 0 radical (unpaired) electrons. The summed E-state index contributed by atoms with van der Waals surface area (Å²) >= 11 is 5.60. The van der Waals surface area contributed by atoms with E-state index in [9.17, 15) is 12.8 Å². The number of rotatable bonds is 3. The molecule has 0 saturated heterocycles. The van der Waals surface area contributed by atoms with Crippen molar-refractivity contribution in [2.75, 3.05) is 7.05 Å². The maximum atomic E-state index is 13.7. The third-order valence-electron chi connectivity index (χ3n) is 3.52. The van der Waals surface area contributed by atoms with Crippen molar-refractivity contribution in [2.45, 2.75) is 29.7 Å². The van der Waals surface area contributed by atoms with Crippen LogP contribution < -0.4 is 0 Å². The van der Waals surface area contributed by atoms with E-state index in [1.807, 2.05) is 6.07 Å². The molecule has 0 aromatic heterocycles. The van der Waals surface area contributed by atoms with Crippen LogP contribution in [-0.2, 0) is 10.0 Å². The van der Waals surface area contributed by atoms with Crippen LogP contribution in [-0.4, -0.2) is 25.3 Å². The molecule has 1 aromatic rings. The largest absolute Gasteiger partial charge is 0.247 e. The number of nitriles is 1. The molecule has 102 valence electrons. The fraction of sp³-hybridized carbons (Fsp3) is 0.417. The van der Waals surface area contributed by atoms with Crippen molar-refractivity contribution in [3.05, 3.63) is 29.0 Å². The Morgan fingerprint density at radius 3 is 2.53 bits per heavy atom. The van der Waals surface area contributed by atoms with Gasteiger partial charge < -0.3 is 0 Å². The topological polar surface area (TPSA) is 61.2 Å². The van der Waals surface area contributed by atoms with Crippen LogP contribution in [0, 0.1) is 17.1 Å². The Hall–Kier alpha value is -1.16. The molecule has 1 aliphatic carbocycles. The Bertz CT molecular complexity index is 650. The smallest absolute Gasteiger partial charge is 0.207 e. The van der Waals surface area contributed by atoms with Gasteiger partial charge in [-0.1, -0.05) is 11.6 Å². The highest BCUT2D eigenvalue weighted by atomic mass is 35.5. The van der Waals surface area contributed by atoms with Gasteiger partial charge in [0, 0.05) is 12.1 Å². The first-order valence-electron chi connectivity index (χ1n) is 5.69. The maximum Gasteiger partial charge on any atom is 0.247 e. The van der Waals surface area contributed by atoms with Gasteiger partial charge in [0.1, 0.15) is 16.3 Å². The molecule has 19 heavy (non-hydrogen) atoms. The average molecular weight is 303 g/mol. The molecule has 0 bridgehead atoms. The van der Waals surface area contributed by atoms with Crippen LogP contribution in [0.15, 0.2) is 23.1 Å². The summed E-state index contributed by atoms with van der Waals surface area (Å²) in [6.45, 7) is 0. The Kier molecular flexibility index (Phi) is 3.56. The summed E-state index contributed by atoms with van der Waals surface area (Å²) in [4.78, 5) is -0.457. The highest BCUT2D eigenvalue weighted by molar-refractivity contribution is 7.89. The summed E-state index contributed by atoms with van der Waals surface area (Å²) in [7, 11) is -2.73. The molecule has 1 fully saturated rings. The van der Waals surface area contributed by atoms with Crippen LogP contribution in [0.25, 0.3) is 0 Å². The summed E-state index contributed by atoms with van der Waals surface area (Å²) in [5.41, 5.74) is -1.05. The van der Waals surface area contributed by atoms with Gasteiger partial charge >= 0.3 is 0 Å². The monoisotopic (exact) mass is 302 g/mol. The minimum Gasteiger partial charge on any atom is -0.207 e. The lowest BCUT2D eigenvalue weighted by Gasteiger charge is -2.41. The van der Waals surface area contributed by atoms with Crippen LogP contribution in [0.1, 0.15) is 19.3 Å². The second kappa shape index (κ2) is 4.75.